The largest absolute Gasteiger partial charge is 0.480 e. The Bertz CT molecular complexity index is 417. The van der Waals surface area contributed by atoms with Crippen molar-refractivity contribution in [3.8, 4) is 0 Å². The number of nitrogens with one attached hydrogen (secondary N) is 1. The number of carbonyl (C=O) groups excluding carboxylic acids is 1. The predicted octanol–water partition coefficient (Wildman–Crippen LogP) is -0.343. The molecule has 1 rings (SSSR count). The molecule has 0 aliphatic heterocycles. The number of carbonyl (C=O) groups is 2. The van der Waals surface area contributed by atoms with Crippen LogP contribution in [0.2, 0.25) is 0 Å². The highest BCUT2D eigenvalue weighted by atomic mass is 16.4. The van der Waals surface area contributed by atoms with Crippen molar-refractivity contribution in [3.63, 3.8) is 0 Å². The first kappa shape index (κ1) is 12.9. The second-order valence-corrected chi connectivity index (χ2v) is 3.20. The Balaban J connectivity index is 2.55. The number of aliphatic carboxylic acids is 1. The molecule has 1 amide bonds. The van der Waals surface area contributed by atoms with Crippen LogP contribution in [0.3, 0.4) is 0 Å². The highest BCUT2D eigenvalue weighted by molar-refractivity contribution is 5.94. The van der Waals surface area contributed by atoms with Crippen LogP contribution >= 0.6 is 0 Å². The van der Waals surface area contributed by atoms with Crippen molar-refractivity contribution in [2.45, 2.75) is 6.04 Å². The number of carboxylic acids is 1. The molecule has 1 atom stereocenters. The zero-order valence-electron chi connectivity index (χ0n) is 8.91. The monoisotopic (exact) mass is 236 g/mol. The van der Waals surface area contributed by atoms with E-state index in [1.807, 2.05) is 0 Å². The zero-order chi connectivity index (χ0) is 12.7. The van der Waals surface area contributed by atoms with Crippen LogP contribution in [0.1, 0.15) is 5.56 Å². The van der Waals surface area contributed by atoms with Crippen molar-refractivity contribution < 1.29 is 19.8 Å². The van der Waals surface area contributed by atoms with Crippen molar-refractivity contribution in [2.75, 3.05) is 6.61 Å². The van der Waals surface area contributed by atoms with Crippen molar-refractivity contribution in [3.05, 3.63) is 36.2 Å². The summed E-state index contributed by atoms with van der Waals surface area (Å²) in [7, 11) is 0. The van der Waals surface area contributed by atoms with Crippen LogP contribution in [0.25, 0.3) is 6.08 Å². The lowest BCUT2D eigenvalue weighted by molar-refractivity contribution is -0.142. The minimum Gasteiger partial charge on any atom is -0.480 e. The third kappa shape index (κ3) is 4.43. The van der Waals surface area contributed by atoms with Gasteiger partial charge in [-0.05, 0) is 17.7 Å². The van der Waals surface area contributed by atoms with E-state index in [0.717, 1.165) is 5.56 Å². The Labute approximate surface area is 97.6 Å². The normalized spacial score (nSPS) is 12.3. The molecular formula is C11H12N2O4. The number of pyridine rings is 1. The molecule has 0 saturated carbocycles. The van der Waals surface area contributed by atoms with E-state index in [0.29, 0.717) is 0 Å². The fourth-order valence-corrected chi connectivity index (χ4v) is 1.05. The van der Waals surface area contributed by atoms with Gasteiger partial charge in [-0.25, -0.2) is 4.79 Å². The maximum atomic E-state index is 11.3. The SMILES string of the molecule is O=C(/C=C/c1cccnc1)NC(CO)C(=O)O. The molecule has 3 N–H and O–H groups in total. The third-order valence-electron chi connectivity index (χ3n) is 1.91. The average molecular weight is 236 g/mol. The first-order chi connectivity index (χ1) is 8.13. The number of amides is 1. The van der Waals surface area contributed by atoms with E-state index in [1.165, 1.54) is 12.2 Å². The van der Waals surface area contributed by atoms with Gasteiger partial charge >= 0.3 is 5.97 Å². The minimum atomic E-state index is -1.29. The van der Waals surface area contributed by atoms with Crippen LogP contribution in [0.4, 0.5) is 0 Å². The Morgan fingerprint density at radius 1 is 1.53 bits per heavy atom. The van der Waals surface area contributed by atoms with E-state index < -0.39 is 24.5 Å². The van der Waals surface area contributed by atoms with Gasteiger partial charge in [0.25, 0.3) is 0 Å². The molecule has 0 saturated heterocycles. The van der Waals surface area contributed by atoms with Gasteiger partial charge in [-0.2, -0.15) is 0 Å². The molecule has 1 aromatic rings. The molecule has 0 aliphatic rings. The zero-order valence-corrected chi connectivity index (χ0v) is 8.91. The summed E-state index contributed by atoms with van der Waals surface area (Å²) in [4.78, 5) is 25.7. The molecule has 0 fully saturated rings. The molecule has 1 aromatic heterocycles. The van der Waals surface area contributed by atoms with E-state index >= 15 is 0 Å². The topological polar surface area (TPSA) is 99.5 Å². The second-order valence-electron chi connectivity index (χ2n) is 3.20. The Hall–Kier alpha value is -2.21. The second kappa shape index (κ2) is 6.39. The standard InChI is InChI=1S/C11H12N2O4/c14-7-9(11(16)17)13-10(15)4-3-8-2-1-5-12-6-8/h1-6,9,14H,7H2,(H,13,15)(H,16,17)/b4-3+. The van der Waals surface area contributed by atoms with E-state index in [4.69, 9.17) is 10.2 Å². The van der Waals surface area contributed by atoms with Gasteiger partial charge in [-0.3, -0.25) is 9.78 Å². The lowest BCUT2D eigenvalue weighted by Gasteiger charge is -2.08. The summed E-state index contributed by atoms with van der Waals surface area (Å²) < 4.78 is 0. The van der Waals surface area contributed by atoms with Crippen molar-refractivity contribution in [1.82, 2.24) is 10.3 Å². The Morgan fingerprint density at radius 3 is 2.82 bits per heavy atom. The maximum absolute atomic E-state index is 11.3. The highest BCUT2D eigenvalue weighted by Crippen LogP contribution is 1.98. The van der Waals surface area contributed by atoms with Gasteiger partial charge in [-0.1, -0.05) is 6.07 Å². The average Bonchev–Trinajstić information content (AvgIpc) is 2.34. The van der Waals surface area contributed by atoms with Gasteiger partial charge in [0.15, 0.2) is 6.04 Å². The van der Waals surface area contributed by atoms with Crippen molar-refractivity contribution in [2.24, 2.45) is 0 Å². The van der Waals surface area contributed by atoms with Crippen molar-refractivity contribution in [1.29, 1.82) is 0 Å². The molecule has 1 unspecified atom stereocenters. The number of aliphatic hydroxyl groups is 1. The molecule has 0 aromatic carbocycles. The molecular weight excluding hydrogens is 224 g/mol. The Morgan fingerprint density at radius 2 is 2.29 bits per heavy atom. The first-order valence-corrected chi connectivity index (χ1v) is 4.85. The predicted molar refractivity (Wildman–Crippen MR) is 59.9 cm³/mol. The van der Waals surface area contributed by atoms with Gasteiger partial charge in [0.05, 0.1) is 6.61 Å². The van der Waals surface area contributed by atoms with E-state index in [2.05, 4.69) is 10.3 Å². The lowest BCUT2D eigenvalue weighted by Crippen LogP contribution is -2.42. The number of hydrogen-bond acceptors (Lipinski definition) is 4. The fraction of sp³-hybridized carbons (Fsp3) is 0.182. The van der Waals surface area contributed by atoms with Gasteiger partial charge < -0.3 is 15.5 Å². The number of carboxylic acid groups (broad SMARTS) is 1. The molecule has 0 aliphatic carbocycles. The smallest absolute Gasteiger partial charge is 0.328 e. The summed E-state index contributed by atoms with van der Waals surface area (Å²) >= 11 is 0. The van der Waals surface area contributed by atoms with Crippen molar-refractivity contribution >= 4 is 18.0 Å². The van der Waals surface area contributed by atoms with Gasteiger partial charge in [0, 0.05) is 18.5 Å². The van der Waals surface area contributed by atoms with Gasteiger partial charge in [0.1, 0.15) is 0 Å². The highest BCUT2D eigenvalue weighted by Gasteiger charge is 2.16. The molecule has 6 heteroatoms. The van der Waals surface area contributed by atoms with Crippen LogP contribution in [0.5, 0.6) is 0 Å². The summed E-state index contributed by atoms with van der Waals surface area (Å²) in [6, 6.07) is 2.17. The van der Waals surface area contributed by atoms with Crippen LogP contribution in [0, 0.1) is 0 Å². The maximum Gasteiger partial charge on any atom is 0.328 e. The molecule has 0 bridgehead atoms. The van der Waals surface area contributed by atoms with Gasteiger partial charge in [0.2, 0.25) is 5.91 Å². The summed E-state index contributed by atoms with van der Waals surface area (Å²) in [5.41, 5.74) is 0.721. The number of rotatable bonds is 5. The summed E-state index contributed by atoms with van der Waals surface area (Å²) in [6.45, 7) is -0.651. The molecule has 0 spiro atoms. The van der Waals surface area contributed by atoms with E-state index in [9.17, 15) is 9.59 Å². The molecule has 90 valence electrons. The van der Waals surface area contributed by atoms with Crippen LogP contribution < -0.4 is 5.32 Å². The summed E-state index contributed by atoms with van der Waals surface area (Å²) in [5, 5.41) is 19.4. The molecule has 6 nitrogen and oxygen atoms in total. The van der Waals surface area contributed by atoms with Gasteiger partial charge in [-0.15, -0.1) is 0 Å². The number of aromatic nitrogens is 1. The Kier molecular flexibility index (Phi) is 4.83. The first-order valence-electron chi connectivity index (χ1n) is 4.85. The lowest BCUT2D eigenvalue weighted by atomic mass is 10.2. The van der Waals surface area contributed by atoms with Crippen LogP contribution in [-0.4, -0.2) is 39.7 Å². The molecule has 1 heterocycles. The van der Waals surface area contributed by atoms with E-state index in [1.54, 1.807) is 24.5 Å². The third-order valence-corrected chi connectivity index (χ3v) is 1.91. The summed E-state index contributed by atoms with van der Waals surface area (Å²) in [5.74, 6) is -1.87. The van der Waals surface area contributed by atoms with Crippen LogP contribution in [-0.2, 0) is 9.59 Å². The molecule has 0 radical (unpaired) electrons. The number of nitrogens with zero attached hydrogens (tertiary/aromatic N) is 1. The molecule has 17 heavy (non-hydrogen) atoms. The number of hydrogen-bond donors (Lipinski definition) is 3. The number of aliphatic hydroxyl groups excluding tert-OH is 1. The fourth-order valence-electron chi connectivity index (χ4n) is 1.05. The summed E-state index contributed by atoms with van der Waals surface area (Å²) in [6.07, 6.45) is 5.84. The minimum absolute atomic E-state index is 0.588. The van der Waals surface area contributed by atoms with E-state index in [-0.39, 0.29) is 0 Å². The quantitative estimate of drug-likeness (QED) is 0.607. The van der Waals surface area contributed by atoms with Crippen LogP contribution in [0.15, 0.2) is 30.6 Å².